The second-order valence-corrected chi connectivity index (χ2v) is 7.31. The van der Waals surface area contributed by atoms with Gasteiger partial charge in [-0.2, -0.15) is 0 Å². The van der Waals surface area contributed by atoms with E-state index >= 15 is 0 Å². The van der Waals surface area contributed by atoms with Gasteiger partial charge in [-0.3, -0.25) is 9.56 Å². The molecule has 0 amide bonds. The number of rotatable bonds is 15. The zero-order valence-electron chi connectivity index (χ0n) is 13.5. The highest BCUT2D eigenvalue weighted by molar-refractivity contribution is 7.51. The molecule has 0 saturated heterocycles. The molecule has 0 aliphatic heterocycles. The first-order chi connectivity index (χ1) is 10.4. The topological polar surface area (TPSA) is 134 Å². The fourth-order valence-corrected chi connectivity index (χ4v) is 2.66. The Kier molecular flexibility index (Phi) is 13.6. The molecule has 0 aromatic rings. The Bertz CT molecular complexity index is 330. The molecule has 0 bridgehead atoms. The van der Waals surface area contributed by atoms with Gasteiger partial charge < -0.3 is 26.6 Å². The largest absolute Gasteiger partial charge is 0.370 e. The van der Waals surface area contributed by atoms with Crippen LogP contribution in [-0.2, 0) is 4.57 Å². The number of hydrogen-bond acceptors (Lipinski definition) is 3. The van der Waals surface area contributed by atoms with Gasteiger partial charge in [0.05, 0.1) is 6.29 Å². The van der Waals surface area contributed by atoms with Crippen LogP contribution in [0, 0.1) is 0 Å². The van der Waals surface area contributed by atoms with Crippen LogP contribution in [0.25, 0.3) is 0 Å². The molecule has 22 heavy (non-hydrogen) atoms. The number of nitrogens with zero attached hydrogens (tertiary/aromatic N) is 1. The SMILES string of the molecule is NC(N)=NCCCCCCCCCCCCNCP(=O)(O)O. The first-order valence-corrected chi connectivity index (χ1v) is 10.0. The summed E-state index contributed by atoms with van der Waals surface area (Å²) in [7, 11) is -3.89. The third-order valence-corrected chi connectivity index (χ3v) is 4.01. The monoisotopic (exact) mass is 336 g/mol. The first kappa shape index (κ1) is 21.4. The molecular formula is C14H33N4O3P. The summed E-state index contributed by atoms with van der Waals surface area (Å²) in [5, 5.41) is 2.78. The maximum absolute atomic E-state index is 10.6. The van der Waals surface area contributed by atoms with E-state index in [9.17, 15) is 4.57 Å². The lowest BCUT2D eigenvalue weighted by Gasteiger charge is -2.06. The molecule has 0 heterocycles. The van der Waals surface area contributed by atoms with Crippen LogP contribution in [0.2, 0.25) is 0 Å². The normalized spacial score (nSPS) is 11.5. The Hall–Kier alpha value is -0.620. The van der Waals surface area contributed by atoms with Gasteiger partial charge in [0, 0.05) is 6.54 Å². The highest BCUT2D eigenvalue weighted by Crippen LogP contribution is 2.31. The van der Waals surface area contributed by atoms with E-state index in [1.165, 1.54) is 44.9 Å². The molecule has 0 aliphatic rings. The standard InChI is InChI=1S/C14H33N4O3P/c15-14(16)18-12-10-8-6-4-2-1-3-5-7-9-11-17-13-22(19,20)21/h17H,1-13H2,(H4,15,16,18)(H2,19,20,21). The average molecular weight is 336 g/mol. The minimum absolute atomic E-state index is 0.178. The van der Waals surface area contributed by atoms with Crippen molar-refractivity contribution in [3.63, 3.8) is 0 Å². The van der Waals surface area contributed by atoms with Crippen LogP contribution in [0.1, 0.15) is 64.2 Å². The van der Waals surface area contributed by atoms with Crippen molar-refractivity contribution in [2.75, 3.05) is 19.4 Å². The van der Waals surface area contributed by atoms with E-state index in [2.05, 4.69) is 10.3 Å². The number of aliphatic imine (C=N–C) groups is 1. The van der Waals surface area contributed by atoms with E-state index < -0.39 is 7.60 Å². The number of nitrogens with two attached hydrogens (primary N) is 2. The summed E-state index contributed by atoms with van der Waals surface area (Å²) < 4.78 is 10.6. The van der Waals surface area contributed by atoms with Gasteiger partial charge in [-0.25, -0.2) is 0 Å². The van der Waals surface area contributed by atoms with Crippen LogP contribution < -0.4 is 16.8 Å². The number of hydrogen-bond donors (Lipinski definition) is 5. The zero-order valence-corrected chi connectivity index (χ0v) is 14.4. The molecule has 0 fully saturated rings. The summed E-state index contributed by atoms with van der Waals surface area (Å²) in [4.78, 5) is 21.3. The maximum atomic E-state index is 10.6. The van der Waals surface area contributed by atoms with Crippen LogP contribution >= 0.6 is 7.60 Å². The lowest BCUT2D eigenvalue weighted by atomic mass is 10.1. The van der Waals surface area contributed by atoms with Crippen molar-refractivity contribution in [2.24, 2.45) is 16.5 Å². The minimum atomic E-state index is -3.89. The minimum Gasteiger partial charge on any atom is -0.370 e. The summed E-state index contributed by atoms with van der Waals surface area (Å²) in [5.41, 5.74) is 10.5. The molecule has 0 rings (SSSR count). The van der Waals surface area contributed by atoms with Gasteiger partial charge >= 0.3 is 7.60 Å². The van der Waals surface area contributed by atoms with Crippen molar-refractivity contribution in [3.05, 3.63) is 0 Å². The highest BCUT2D eigenvalue weighted by atomic mass is 31.2. The van der Waals surface area contributed by atoms with E-state index in [4.69, 9.17) is 21.3 Å². The Morgan fingerprint density at radius 2 is 1.32 bits per heavy atom. The molecule has 7 nitrogen and oxygen atoms in total. The molecule has 0 atom stereocenters. The molecule has 0 aromatic carbocycles. The third-order valence-electron chi connectivity index (χ3n) is 3.37. The van der Waals surface area contributed by atoms with Gasteiger partial charge in [-0.1, -0.05) is 51.4 Å². The summed E-state index contributed by atoms with van der Waals surface area (Å²) in [6, 6.07) is 0. The van der Waals surface area contributed by atoms with Crippen molar-refractivity contribution in [1.29, 1.82) is 0 Å². The Morgan fingerprint density at radius 3 is 1.77 bits per heavy atom. The van der Waals surface area contributed by atoms with E-state index in [0.29, 0.717) is 6.54 Å². The predicted octanol–water partition coefficient (Wildman–Crippen LogP) is 1.89. The number of nitrogens with one attached hydrogen (secondary N) is 1. The van der Waals surface area contributed by atoms with Crippen LogP contribution in [0.3, 0.4) is 0 Å². The van der Waals surface area contributed by atoms with Gasteiger partial charge in [-0.05, 0) is 19.4 Å². The highest BCUT2D eigenvalue weighted by Gasteiger charge is 2.10. The average Bonchev–Trinajstić information content (AvgIpc) is 2.41. The van der Waals surface area contributed by atoms with Gasteiger partial charge in [0.1, 0.15) is 0 Å². The summed E-state index contributed by atoms with van der Waals surface area (Å²) in [6.45, 7) is 1.42. The lowest BCUT2D eigenvalue weighted by Crippen LogP contribution is -2.22. The zero-order chi connectivity index (χ0) is 16.7. The fourth-order valence-electron chi connectivity index (χ4n) is 2.21. The van der Waals surface area contributed by atoms with E-state index in [1.807, 2.05) is 0 Å². The van der Waals surface area contributed by atoms with E-state index in [1.54, 1.807) is 0 Å². The Balaban J connectivity index is 3.09. The molecule has 7 N–H and O–H groups in total. The van der Waals surface area contributed by atoms with Crippen LogP contribution in [0.4, 0.5) is 0 Å². The fraction of sp³-hybridized carbons (Fsp3) is 0.929. The molecule has 8 heteroatoms. The quantitative estimate of drug-likeness (QED) is 0.134. The van der Waals surface area contributed by atoms with Gasteiger partial charge in [-0.15, -0.1) is 0 Å². The van der Waals surface area contributed by atoms with Crippen molar-refractivity contribution < 1.29 is 14.4 Å². The predicted molar refractivity (Wildman–Crippen MR) is 91.8 cm³/mol. The molecule has 0 aromatic heterocycles. The molecular weight excluding hydrogens is 303 g/mol. The molecule has 132 valence electrons. The van der Waals surface area contributed by atoms with Crippen molar-refractivity contribution >= 4 is 13.6 Å². The van der Waals surface area contributed by atoms with Crippen molar-refractivity contribution in [2.45, 2.75) is 64.2 Å². The van der Waals surface area contributed by atoms with Gasteiger partial charge in [0.15, 0.2) is 5.96 Å². The second kappa shape index (κ2) is 14.0. The van der Waals surface area contributed by atoms with Gasteiger partial charge in [0.25, 0.3) is 0 Å². The molecule has 0 radical (unpaired) electrons. The summed E-state index contributed by atoms with van der Waals surface area (Å²) >= 11 is 0. The molecule has 0 saturated carbocycles. The number of guanidine groups is 1. The lowest BCUT2D eigenvalue weighted by molar-refractivity contribution is 0.367. The number of unbranched alkanes of at least 4 members (excludes halogenated alkanes) is 9. The van der Waals surface area contributed by atoms with Crippen molar-refractivity contribution in [1.82, 2.24) is 5.32 Å². The molecule has 0 spiro atoms. The summed E-state index contributed by atoms with van der Waals surface area (Å²) in [5.74, 6) is 0.178. The Morgan fingerprint density at radius 1 is 0.864 bits per heavy atom. The second-order valence-electron chi connectivity index (χ2n) is 5.66. The third kappa shape index (κ3) is 19.4. The van der Waals surface area contributed by atoms with Crippen LogP contribution in [0.15, 0.2) is 4.99 Å². The Labute approximate surface area is 134 Å². The first-order valence-electron chi connectivity index (χ1n) is 8.22. The van der Waals surface area contributed by atoms with Crippen LogP contribution in [-0.4, -0.2) is 35.1 Å². The van der Waals surface area contributed by atoms with E-state index in [0.717, 1.165) is 25.8 Å². The molecule has 0 unspecified atom stereocenters. The van der Waals surface area contributed by atoms with Crippen molar-refractivity contribution in [3.8, 4) is 0 Å². The van der Waals surface area contributed by atoms with E-state index in [-0.39, 0.29) is 12.2 Å². The van der Waals surface area contributed by atoms with Gasteiger partial charge in [0.2, 0.25) is 0 Å². The summed E-state index contributed by atoms with van der Waals surface area (Å²) in [6.07, 6.45) is 11.6. The maximum Gasteiger partial charge on any atom is 0.339 e. The van der Waals surface area contributed by atoms with Crippen LogP contribution in [0.5, 0.6) is 0 Å². The smallest absolute Gasteiger partial charge is 0.339 e. The molecule has 0 aliphatic carbocycles.